The van der Waals surface area contributed by atoms with Gasteiger partial charge in [-0.1, -0.05) is 36.4 Å². The van der Waals surface area contributed by atoms with Gasteiger partial charge in [-0.15, -0.1) is 0 Å². The third-order valence-corrected chi connectivity index (χ3v) is 4.01. The van der Waals surface area contributed by atoms with Crippen molar-refractivity contribution < 1.29 is 4.74 Å². The standard InChI is InChI=1S/C20H16N2O/c1-23-15-9-10-17-19(11-12-21-20(17)13-15)22-18-8-4-6-14-5-2-3-7-16(14)18/h2-13H,1H3,(H,21,22). The van der Waals surface area contributed by atoms with E-state index in [-0.39, 0.29) is 0 Å². The molecular weight excluding hydrogens is 284 g/mol. The fourth-order valence-corrected chi connectivity index (χ4v) is 2.84. The van der Waals surface area contributed by atoms with Crippen molar-refractivity contribution in [2.45, 2.75) is 0 Å². The highest BCUT2D eigenvalue weighted by atomic mass is 16.5. The first kappa shape index (κ1) is 13.6. The van der Waals surface area contributed by atoms with Crippen LogP contribution in [0.1, 0.15) is 0 Å². The Morgan fingerprint density at radius 2 is 1.65 bits per heavy atom. The van der Waals surface area contributed by atoms with E-state index < -0.39 is 0 Å². The molecular formula is C20H16N2O. The molecule has 3 aromatic carbocycles. The smallest absolute Gasteiger partial charge is 0.121 e. The first-order valence-corrected chi connectivity index (χ1v) is 7.53. The van der Waals surface area contributed by atoms with Gasteiger partial charge in [0.25, 0.3) is 0 Å². The van der Waals surface area contributed by atoms with Gasteiger partial charge in [-0.25, -0.2) is 0 Å². The van der Waals surface area contributed by atoms with Crippen LogP contribution in [0.25, 0.3) is 21.7 Å². The molecule has 0 unspecified atom stereocenters. The number of rotatable bonds is 3. The number of ether oxygens (including phenoxy) is 1. The van der Waals surface area contributed by atoms with E-state index in [9.17, 15) is 0 Å². The lowest BCUT2D eigenvalue weighted by atomic mass is 10.1. The molecule has 4 rings (SSSR count). The SMILES string of the molecule is COc1ccc2c(Nc3cccc4ccccc34)ccnc2c1. The molecule has 1 N–H and O–H groups in total. The van der Waals surface area contributed by atoms with Gasteiger partial charge in [-0.3, -0.25) is 4.98 Å². The fourth-order valence-electron chi connectivity index (χ4n) is 2.84. The molecule has 1 heterocycles. The Hall–Kier alpha value is -3.07. The number of methoxy groups -OCH3 is 1. The van der Waals surface area contributed by atoms with Crippen LogP contribution < -0.4 is 10.1 Å². The molecule has 3 nitrogen and oxygen atoms in total. The van der Waals surface area contributed by atoms with E-state index in [1.807, 2.05) is 30.5 Å². The van der Waals surface area contributed by atoms with Crippen LogP contribution in [0.4, 0.5) is 11.4 Å². The lowest BCUT2D eigenvalue weighted by Gasteiger charge is -2.12. The molecule has 0 bridgehead atoms. The van der Waals surface area contributed by atoms with Crippen LogP contribution in [0.5, 0.6) is 5.75 Å². The Bertz CT molecular complexity index is 990. The van der Waals surface area contributed by atoms with Crippen LogP contribution in [0.15, 0.2) is 72.9 Å². The van der Waals surface area contributed by atoms with E-state index in [1.165, 1.54) is 10.8 Å². The first-order valence-electron chi connectivity index (χ1n) is 7.53. The highest BCUT2D eigenvalue weighted by Gasteiger charge is 2.06. The van der Waals surface area contributed by atoms with Crippen molar-refractivity contribution in [3.8, 4) is 5.75 Å². The summed E-state index contributed by atoms with van der Waals surface area (Å²) < 4.78 is 5.28. The Kier molecular flexibility index (Phi) is 3.31. The molecule has 0 aliphatic rings. The minimum absolute atomic E-state index is 0.812. The number of pyridine rings is 1. The minimum Gasteiger partial charge on any atom is -0.497 e. The molecule has 0 aliphatic heterocycles. The molecule has 4 aromatic rings. The molecule has 112 valence electrons. The fraction of sp³-hybridized carbons (Fsp3) is 0.0500. The molecule has 0 radical (unpaired) electrons. The van der Waals surface area contributed by atoms with Gasteiger partial charge in [-0.05, 0) is 29.7 Å². The van der Waals surface area contributed by atoms with E-state index in [0.29, 0.717) is 0 Å². The summed E-state index contributed by atoms with van der Waals surface area (Å²) in [7, 11) is 1.67. The number of aromatic nitrogens is 1. The van der Waals surface area contributed by atoms with Gasteiger partial charge < -0.3 is 10.1 Å². The normalized spacial score (nSPS) is 10.8. The number of nitrogens with one attached hydrogen (secondary N) is 1. The average molecular weight is 300 g/mol. The number of hydrogen-bond donors (Lipinski definition) is 1. The molecule has 0 aliphatic carbocycles. The van der Waals surface area contributed by atoms with Crippen molar-refractivity contribution in [1.29, 1.82) is 0 Å². The third kappa shape index (κ3) is 2.46. The molecule has 0 amide bonds. The summed E-state index contributed by atoms with van der Waals surface area (Å²) in [6, 6.07) is 22.6. The highest BCUT2D eigenvalue weighted by Crippen LogP contribution is 2.31. The third-order valence-electron chi connectivity index (χ3n) is 4.01. The lowest BCUT2D eigenvalue weighted by Crippen LogP contribution is -1.94. The van der Waals surface area contributed by atoms with Gasteiger partial charge in [0.05, 0.1) is 12.6 Å². The second-order valence-electron chi connectivity index (χ2n) is 5.39. The van der Waals surface area contributed by atoms with Crippen LogP contribution in [-0.4, -0.2) is 12.1 Å². The van der Waals surface area contributed by atoms with Crippen LogP contribution in [0.3, 0.4) is 0 Å². The zero-order chi connectivity index (χ0) is 15.6. The second kappa shape index (κ2) is 5.61. The van der Waals surface area contributed by atoms with Crippen molar-refractivity contribution in [2.24, 2.45) is 0 Å². The summed E-state index contributed by atoms with van der Waals surface area (Å²) in [6.45, 7) is 0. The van der Waals surface area contributed by atoms with Crippen molar-refractivity contribution in [1.82, 2.24) is 4.98 Å². The van der Waals surface area contributed by atoms with E-state index in [4.69, 9.17) is 4.74 Å². The summed E-state index contributed by atoms with van der Waals surface area (Å²) in [5.41, 5.74) is 3.04. The second-order valence-corrected chi connectivity index (χ2v) is 5.39. The molecule has 0 saturated heterocycles. The van der Waals surface area contributed by atoms with E-state index in [1.54, 1.807) is 7.11 Å². The van der Waals surface area contributed by atoms with Crippen molar-refractivity contribution in [2.75, 3.05) is 12.4 Å². The Morgan fingerprint density at radius 3 is 2.57 bits per heavy atom. The van der Waals surface area contributed by atoms with Crippen molar-refractivity contribution in [3.05, 3.63) is 72.9 Å². The lowest BCUT2D eigenvalue weighted by molar-refractivity contribution is 0.415. The molecule has 0 saturated carbocycles. The Balaban J connectivity index is 1.83. The predicted octanol–water partition coefficient (Wildman–Crippen LogP) is 5.14. The first-order chi connectivity index (χ1) is 11.3. The summed E-state index contributed by atoms with van der Waals surface area (Å²) in [4.78, 5) is 4.43. The van der Waals surface area contributed by atoms with Gasteiger partial charge >= 0.3 is 0 Å². The van der Waals surface area contributed by atoms with Gasteiger partial charge in [0.15, 0.2) is 0 Å². The van der Waals surface area contributed by atoms with Gasteiger partial charge in [0.1, 0.15) is 5.75 Å². The Morgan fingerprint density at radius 1 is 0.826 bits per heavy atom. The molecule has 0 fully saturated rings. The highest BCUT2D eigenvalue weighted by molar-refractivity contribution is 5.99. The quantitative estimate of drug-likeness (QED) is 0.569. The van der Waals surface area contributed by atoms with Crippen LogP contribution >= 0.6 is 0 Å². The van der Waals surface area contributed by atoms with E-state index in [0.717, 1.165) is 28.0 Å². The summed E-state index contributed by atoms with van der Waals surface area (Å²) in [5, 5.41) is 7.04. The maximum Gasteiger partial charge on any atom is 0.121 e. The van der Waals surface area contributed by atoms with E-state index in [2.05, 4.69) is 52.8 Å². The van der Waals surface area contributed by atoms with Crippen LogP contribution in [0, 0.1) is 0 Å². The zero-order valence-corrected chi connectivity index (χ0v) is 12.8. The van der Waals surface area contributed by atoms with Gasteiger partial charge in [0.2, 0.25) is 0 Å². The predicted molar refractivity (Wildman–Crippen MR) is 95.5 cm³/mol. The van der Waals surface area contributed by atoms with Crippen LogP contribution in [-0.2, 0) is 0 Å². The molecule has 1 aromatic heterocycles. The number of anilines is 2. The molecule has 23 heavy (non-hydrogen) atoms. The van der Waals surface area contributed by atoms with E-state index >= 15 is 0 Å². The average Bonchev–Trinajstić information content (AvgIpc) is 2.62. The molecule has 0 atom stereocenters. The van der Waals surface area contributed by atoms with Gasteiger partial charge in [0, 0.05) is 34.4 Å². The number of hydrogen-bond acceptors (Lipinski definition) is 3. The largest absolute Gasteiger partial charge is 0.497 e. The van der Waals surface area contributed by atoms with Crippen LogP contribution in [0.2, 0.25) is 0 Å². The molecule has 0 spiro atoms. The van der Waals surface area contributed by atoms with Crippen molar-refractivity contribution in [3.63, 3.8) is 0 Å². The summed E-state index contributed by atoms with van der Waals surface area (Å²) in [6.07, 6.45) is 1.81. The number of nitrogens with zero attached hydrogens (tertiary/aromatic N) is 1. The maximum absolute atomic E-state index is 5.28. The zero-order valence-electron chi connectivity index (χ0n) is 12.8. The summed E-state index contributed by atoms with van der Waals surface area (Å²) in [5.74, 6) is 0.812. The maximum atomic E-state index is 5.28. The molecule has 3 heteroatoms. The number of fused-ring (bicyclic) bond motifs is 2. The van der Waals surface area contributed by atoms with Crippen molar-refractivity contribution >= 4 is 33.1 Å². The van der Waals surface area contributed by atoms with Gasteiger partial charge in [-0.2, -0.15) is 0 Å². The number of benzene rings is 3. The Labute approximate surface area is 134 Å². The summed E-state index contributed by atoms with van der Waals surface area (Å²) >= 11 is 0. The monoisotopic (exact) mass is 300 g/mol. The minimum atomic E-state index is 0.812. The topological polar surface area (TPSA) is 34.1 Å².